The predicted molar refractivity (Wildman–Crippen MR) is 155 cm³/mol. The largest absolute Gasteiger partial charge is 0.247 e. The van der Waals surface area contributed by atoms with Crippen LogP contribution in [0.15, 0.2) is 93.6 Å². The minimum Gasteiger partial charge on any atom is -0.247 e. The molecule has 0 amide bonds. The lowest BCUT2D eigenvalue weighted by atomic mass is 9.91. The Morgan fingerprint density at radius 2 is 1.41 bits per heavy atom. The third-order valence-electron chi connectivity index (χ3n) is 6.08. The van der Waals surface area contributed by atoms with E-state index in [1.54, 1.807) is 0 Å². The maximum absolute atomic E-state index is 5.15. The Hall–Kier alpha value is -1.62. The van der Waals surface area contributed by atoms with Gasteiger partial charge in [0, 0.05) is 22.0 Å². The minimum absolute atomic E-state index is 0.366. The second-order valence-electron chi connectivity index (χ2n) is 9.16. The molecule has 3 aromatic carbocycles. The summed E-state index contributed by atoms with van der Waals surface area (Å²) >= 11 is 5.95. The summed E-state index contributed by atoms with van der Waals surface area (Å²) < 4.78 is 0.366. The lowest BCUT2D eigenvalue weighted by Gasteiger charge is -2.22. The number of benzene rings is 3. The Morgan fingerprint density at radius 1 is 0.794 bits per heavy atom. The molecule has 1 saturated carbocycles. The van der Waals surface area contributed by atoms with Crippen molar-refractivity contribution >= 4 is 46.0 Å². The molecule has 1 aliphatic carbocycles. The van der Waals surface area contributed by atoms with E-state index in [9.17, 15) is 0 Å². The molecule has 0 unspecified atom stereocenters. The van der Waals surface area contributed by atoms with Gasteiger partial charge < -0.3 is 0 Å². The van der Waals surface area contributed by atoms with Crippen LogP contribution in [0.3, 0.4) is 0 Å². The fourth-order valence-corrected chi connectivity index (χ4v) is 8.48. The maximum Gasteiger partial charge on any atom is 0.0758 e. The van der Waals surface area contributed by atoms with Crippen LogP contribution in [0, 0.1) is 19.8 Å². The highest BCUT2D eigenvalue weighted by atomic mass is 32.2. The number of aliphatic imine (C=N–C) groups is 1. The fourth-order valence-electron chi connectivity index (χ4n) is 4.28. The van der Waals surface area contributed by atoms with E-state index in [1.807, 2.05) is 35.3 Å². The van der Waals surface area contributed by atoms with Gasteiger partial charge in [-0.25, -0.2) is 4.99 Å². The topological polar surface area (TPSA) is 12.4 Å². The van der Waals surface area contributed by atoms with Crippen molar-refractivity contribution in [3.05, 3.63) is 90.0 Å². The molecule has 1 fully saturated rings. The molecule has 0 bridgehead atoms. The number of rotatable bonds is 9. The average Bonchev–Trinajstić information content (AvgIpc) is 2.84. The maximum atomic E-state index is 5.15. The highest BCUT2D eigenvalue weighted by Crippen LogP contribution is 2.40. The summed E-state index contributed by atoms with van der Waals surface area (Å²) in [4.78, 5) is 7.82. The van der Waals surface area contributed by atoms with Gasteiger partial charge in [0.2, 0.25) is 0 Å². The van der Waals surface area contributed by atoms with Gasteiger partial charge in [0.15, 0.2) is 0 Å². The molecule has 0 saturated heterocycles. The summed E-state index contributed by atoms with van der Waals surface area (Å²) in [6.07, 6.45) is 7.92. The van der Waals surface area contributed by atoms with E-state index in [4.69, 9.17) is 4.99 Å². The summed E-state index contributed by atoms with van der Waals surface area (Å²) in [5.74, 6) is 2.04. The number of thioether (sulfide) groups is 3. The van der Waals surface area contributed by atoms with Crippen molar-refractivity contribution in [2.75, 3.05) is 5.75 Å². The molecule has 1 nitrogen and oxygen atoms in total. The quantitative estimate of drug-likeness (QED) is 0.124. The zero-order valence-corrected chi connectivity index (χ0v) is 22.7. The molecule has 34 heavy (non-hydrogen) atoms. The monoisotopic (exact) mass is 505 g/mol. The molecule has 0 spiro atoms. The fraction of sp³-hybridized carbons (Fsp3) is 0.367. The molecule has 178 valence electrons. The van der Waals surface area contributed by atoms with Crippen molar-refractivity contribution in [3.8, 4) is 0 Å². The minimum atomic E-state index is 0.366. The molecule has 4 heteroatoms. The van der Waals surface area contributed by atoms with E-state index >= 15 is 0 Å². The molecular weight excluding hydrogens is 471 g/mol. The average molecular weight is 506 g/mol. The molecular formula is C30H35NS3. The van der Waals surface area contributed by atoms with Gasteiger partial charge in [-0.05, 0) is 69.0 Å². The second-order valence-corrected chi connectivity index (χ2v) is 13.1. The van der Waals surface area contributed by atoms with E-state index in [2.05, 4.69) is 92.7 Å². The molecule has 3 aromatic rings. The summed E-state index contributed by atoms with van der Waals surface area (Å²) in [5.41, 5.74) is 3.69. The Kier molecular flexibility index (Phi) is 10.1. The van der Waals surface area contributed by atoms with E-state index in [-0.39, 0.29) is 0 Å². The van der Waals surface area contributed by atoms with Gasteiger partial charge in [-0.3, -0.25) is 0 Å². The van der Waals surface area contributed by atoms with Crippen LogP contribution >= 0.6 is 35.3 Å². The third-order valence-corrected chi connectivity index (χ3v) is 9.79. The molecule has 1 aliphatic rings. The molecule has 0 aliphatic heterocycles. The second kappa shape index (κ2) is 13.5. The summed E-state index contributed by atoms with van der Waals surface area (Å²) in [7, 11) is 0. The predicted octanol–water partition coefficient (Wildman–Crippen LogP) is 9.95. The highest BCUT2D eigenvalue weighted by Gasteiger charge is 2.20. The molecule has 0 atom stereocenters. The van der Waals surface area contributed by atoms with Crippen molar-refractivity contribution in [1.82, 2.24) is 0 Å². The first-order valence-corrected chi connectivity index (χ1v) is 15.1. The van der Waals surface area contributed by atoms with Gasteiger partial charge >= 0.3 is 0 Å². The number of nitrogens with zero attached hydrogens (tertiary/aromatic N) is 1. The first-order chi connectivity index (χ1) is 16.6. The van der Waals surface area contributed by atoms with Gasteiger partial charge in [0.05, 0.1) is 15.3 Å². The van der Waals surface area contributed by atoms with Crippen LogP contribution in [0.4, 0.5) is 5.69 Å². The van der Waals surface area contributed by atoms with Gasteiger partial charge in [-0.15, -0.1) is 35.3 Å². The zero-order valence-electron chi connectivity index (χ0n) is 20.3. The van der Waals surface area contributed by atoms with Gasteiger partial charge in [0.1, 0.15) is 0 Å². The van der Waals surface area contributed by atoms with E-state index < -0.39 is 0 Å². The van der Waals surface area contributed by atoms with Crippen molar-refractivity contribution < 1.29 is 0 Å². The lowest BCUT2D eigenvalue weighted by molar-refractivity contribution is 0.391. The standard InChI is InChI=1S/C30H35NS3/c1-23-11-9-17-27(19-23)33-30(34-28-18-10-12-24(2)20-28)21-29(31-26-15-7-4-8-16-26)32-22-25-13-5-3-6-14-25/h4,7-12,15-20,25,30H,3,5-6,13-14,21-22H2,1-2H3. The van der Waals surface area contributed by atoms with Crippen LogP contribution in [0.25, 0.3) is 0 Å². The summed E-state index contributed by atoms with van der Waals surface area (Å²) in [6, 6.07) is 28.3. The van der Waals surface area contributed by atoms with Crippen LogP contribution in [0.5, 0.6) is 0 Å². The van der Waals surface area contributed by atoms with Crippen molar-refractivity contribution in [3.63, 3.8) is 0 Å². The number of para-hydroxylation sites is 1. The lowest BCUT2D eigenvalue weighted by Crippen LogP contribution is -2.12. The first kappa shape index (κ1) is 25.5. The summed E-state index contributed by atoms with van der Waals surface area (Å²) in [5, 5.41) is 1.27. The van der Waals surface area contributed by atoms with Crippen LogP contribution in [-0.2, 0) is 0 Å². The third kappa shape index (κ3) is 8.55. The van der Waals surface area contributed by atoms with Crippen molar-refractivity contribution in [1.29, 1.82) is 0 Å². The molecule has 0 aromatic heterocycles. The highest BCUT2D eigenvalue weighted by molar-refractivity contribution is 8.17. The van der Waals surface area contributed by atoms with Crippen LogP contribution in [0.2, 0.25) is 0 Å². The smallest absolute Gasteiger partial charge is 0.0758 e. The Morgan fingerprint density at radius 3 is 2.00 bits per heavy atom. The number of hydrogen-bond donors (Lipinski definition) is 0. The molecule has 0 heterocycles. The Labute approximate surface area is 218 Å². The van der Waals surface area contributed by atoms with Crippen molar-refractivity contribution in [2.45, 2.75) is 66.7 Å². The first-order valence-electron chi connectivity index (χ1n) is 12.4. The SMILES string of the molecule is Cc1cccc(SC(CC(=Nc2ccccc2)SCC2CCCCC2)Sc2cccc(C)c2)c1. The van der Waals surface area contributed by atoms with Gasteiger partial charge in [-0.1, -0.05) is 72.9 Å². The van der Waals surface area contributed by atoms with E-state index in [0.29, 0.717) is 4.58 Å². The van der Waals surface area contributed by atoms with E-state index in [1.165, 1.54) is 63.8 Å². The Bertz CT molecular complexity index is 1010. The molecule has 0 radical (unpaired) electrons. The molecule has 4 rings (SSSR count). The normalized spacial score (nSPS) is 15.1. The Balaban J connectivity index is 1.55. The number of hydrogen-bond acceptors (Lipinski definition) is 4. The zero-order chi connectivity index (χ0) is 23.6. The van der Waals surface area contributed by atoms with Crippen LogP contribution in [-0.4, -0.2) is 15.4 Å². The molecule has 0 N–H and O–H groups in total. The van der Waals surface area contributed by atoms with Crippen molar-refractivity contribution in [2.24, 2.45) is 10.9 Å². The number of aryl methyl sites for hydroxylation is 2. The van der Waals surface area contributed by atoms with Crippen LogP contribution in [0.1, 0.15) is 49.7 Å². The van der Waals surface area contributed by atoms with Crippen LogP contribution < -0.4 is 0 Å². The van der Waals surface area contributed by atoms with E-state index in [0.717, 1.165) is 18.0 Å². The van der Waals surface area contributed by atoms with Gasteiger partial charge in [-0.2, -0.15) is 0 Å². The van der Waals surface area contributed by atoms with Gasteiger partial charge in [0.25, 0.3) is 0 Å². The summed E-state index contributed by atoms with van der Waals surface area (Å²) in [6.45, 7) is 4.35.